The molecule has 1 aliphatic carbocycles. The fourth-order valence-electron chi connectivity index (χ4n) is 1.58. The van der Waals surface area contributed by atoms with Crippen LogP contribution in [0.2, 0.25) is 0 Å². The van der Waals surface area contributed by atoms with Gasteiger partial charge in [0.15, 0.2) is 0 Å². The van der Waals surface area contributed by atoms with Crippen LogP contribution in [-0.4, -0.2) is 10.9 Å². The van der Waals surface area contributed by atoms with E-state index in [1.807, 2.05) is 0 Å². The second kappa shape index (κ2) is 3.97. The molecule has 0 heterocycles. The molecule has 1 atom stereocenters. The van der Waals surface area contributed by atoms with Crippen LogP contribution in [0.25, 0.3) is 0 Å². The van der Waals surface area contributed by atoms with E-state index in [2.05, 4.69) is 11.2 Å². The second-order valence-corrected chi connectivity index (χ2v) is 2.88. The fourth-order valence-corrected chi connectivity index (χ4v) is 1.58. The average molecular weight is 152 g/mol. The molecule has 0 aromatic heterocycles. The summed E-state index contributed by atoms with van der Waals surface area (Å²) in [7, 11) is 0. The van der Waals surface area contributed by atoms with E-state index in [1.165, 1.54) is 0 Å². The van der Waals surface area contributed by atoms with Gasteiger partial charge in [-0.05, 0) is 25.7 Å². The highest BCUT2D eigenvalue weighted by molar-refractivity contribution is 5.87. The molecule has 0 saturated heterocycles. The molecule has 0 aromatic carbocycles. The zero-order valence-corrected chi connectivity index (χ0v) is 6.45. The van der Waals surface area contributed by atoms with Crippen molar-refractivity contribution in [1.82, 2.24) is 0 Å². The third-order valence-corrected chi connectivity index (χ3v) is 2.19. The molecule has 11 heavy (non-hydrogen) atoms. The van der Waals surface area contributed by atoms with Crippen LogP contribution in [0.5, 0.6) is 0 Å². The zero-order valence-electron chi connectivity index (χ0n) is 6.45. The van der Waals surface area contributed by atoms with Crippen LogP contribution >= 0.6 is 0 Å². The first-order valence-corrected chi connectivity index (χ1v) is 3.96. The van der Waals surface area contributed by atoms with Crippen LogP contribution in [0, 0.1) is 17.2 Å². The van der Waals surface area contributed by atoms with Crippen molar-refractivity contribution in [3.8, 4) is 6.07 Å². The molecule has 1 unspecified atom stereocenters. The monoisotopic (exact) mass is 152 g/mol. The molecule has 3 heteroatoms. The summed E-state index contributed by atoms with van der Waals surface area (Å²) in [6, 6.07) is 2.10. The molecule has 0 bridgehead atoms. The van der Waals surface area contributed by atoms with Crippen molar-refractivity contribution in [2.24, 2.45) is 11.1 Å². The molecule has 0 radical (unpaired) electrons. The molecule has 1 N–H and O–H groups in total. The normalized spacial score (nSPS) is 27.2. The molecule has 60 valence electrons. The van der Waals surface area contributed by atoms with Crippen molar-refractivity contribution in [2.45, 2.75) is 32.1 Å². The van der Waals surface area contributed by atoms with Gasteiger partial charge >= 0.3 is 0 Å². The molecule has 1 saturated carbocycles. The van der Waals surface area contributed by atoms with Gasteiger partial charge < -0.3 is 5.21 Å². The predicted molar refractivity (Wildman–Crippen MR) is 41.4 cm³/mol. The summed E-state index contributed by atoms with van der Waals surface area (Å²) in [6.45, 7) is 0. The molecule has 0 aliphatic heterocycles. The zero-order chi connectivity index (χ0) is 8.10. The lowest BCUT2D eigenvalue weighted by atomic mass is 10.0. The van der Waals surface area contributed by atoms with Gasteiger partial charge in [-0.25, -0.2) is 0 Å². The Morgan fingerprint density at radius 1 is 1.73 bits per heavy atom. The van der Waals surface area contributed by atoms with Gasteiger partial charge in [0.25, 0.3) is 0 Å². The summed E-state index contributed by atoms with van der Waals surface area (Å²) in [5.74, 6) is 0.375. The molecular formula is C8H12N2O. The number of nitrogens with zero attached hydrogens (tertiary/aromatic N) is 2. The Labute approximate surface area is 66.3 Å². The van der Waals surface area contributed by atoms with Crippen LogP contribution < -0.4 is 0 Å². The van der Waals surface area contributed by atoms with Gasteiger partial charge in [0.1, 0.15) is 0 Å². The minimum atomic E-state index is 0.375. The van der Waals surface area contributed by atoms with Gasteiger partial charge in [0.2, 0.25) is 0 Å². The van der Waals surface area contributed by atoms with Crippen molar-refractivity contribution in [1.29, 1.82) is 5.26 Å². The van der Waals surface area contributed by atoms with Gasteiger partial charge in [0.05, 0.1) is 11.8 Å². The van der Waals surface area contributed by atoms with E-state index in [4.69, 9.17) is 10.5 Å². The third-order valence-electron chi connectivity index (χ3n) is 2.19. The second-order valence-electron chi connectivity index (χ2n) is 2.88. The Hall–Kier alpha value is -1.04. The van der Waals surface area contributed by atoms with E-state index in [0.29, 0.717) is 12.3 Å². The molecule has 1 fully saturated rings. The molecule has 0 spiro atoms. The van der Waals surface area contributed by atoms with Crippen LogP contribution in [0.15, 0.2) is 5.16 Å². The van der Waals surface area contributed by atoms with Gasteiger partial charge in [-0.1, -0.05) is 5.16 Å². The van der Waals surface area contributed by atoms with Crippen molar-refractivity contribution >= 4 is 5.71 Å². The fraction of sp³-hybridized carbons (Fsp3) is 0.750. The van der Waals surface area contributed by atoms with Gasteiger partial charge in [0, 0.05) is 12.3 Å². The topological polar surface area (TPSA) is 56.4 Å². The van der Waals surface area contributed by atoms with E-state index in [9.17, 15) is 0 Å². The Balaban J connectivity index is 2.39. The molecule has 3 nitrogen and oxygen atoms in total. The maximum Gasteiger partial charge on any atom is 0.0621 e. The molecular weight excluding hydrogens is 140 g/mol. The third kappa shape index (κ3) is 1.94. The van der Waals surface area contributed by atoms with Crippen LogP contribution in [0.1, 0.15) is 32.1 Å². The summed E-state index contributed by atoms with van der Waals surface area (Å²) in [4.78, 5) is 0. The lowest BCUT2D eigenvalue weighted by Crippen LogP contribution is -2.05. The van der Waals surface area contributed by atoms with E-state index in [1.54, 1.807) is 0 Å². The quantitative estimate of drug-likeness (QED) is 0.485. The van der Waals surface area contributed by atoms with E-state index < -0.39 is 0 Å². The number of nitriles is 1. The number of oxime groups is 1. The Kier molecular flexibility index (Phi) is 2.91. The van der Waals surface area contributed by atoms with Gasteiger partial charge in [-0.3, -0.25) is 0 Å². The summed E-state index contributed by atoms with van der Waals surface area (Å²) in [5, 5.41) is 20.1. The molecule has 1 rings (SSSR count). The SMILES string of the molecule is N#CCCC1CCC/C1=N/O. The smallest absolute Gasteiger partial charge is 0.0621 e. The summed E-state index contributed by atoms with van der Waals surface area (Å²) >= 11 is 0. The van der Waals surface area contributed by atoms with Crippen molar-refractivity contribution in [3.05, 3.63) is 0 Å². The maximum absolute atomic E-state index is 8.54. The summed E-state index contributed by atoms with van der Waals surface area (Å²) in [6.07, 6.45) is 4.53. The molecule has 0 amide bonds. The highest BCUT2D eigenvalue weighted by atomic mass is 16.4. The first-order chi connectivity index (χ1) is 5.38. The number of hydrogen-bond acceptors (Lipinski definition) is 3. The maximum atomic E-state index is 8.54. The van der Waals surface area contributed by atoms with E-state index >= 15 is 0 Å². The molecule has 1 aliphatic rings. The summed E-state index contributed by atoms with van der Waals surface area (Å²) in [5.41, 5.74) is 0.889. The van der Waals surface area contributed by atoms with Crippen molar-refractivity contribution in [3.63, 3.8) is 0 Å². The Morgan fingerprint density at radius 2 is 2.55 bits per heavy atom. The van der Waals surface area contributed by atoms with Crippen LogP contribution in [-0.2, 0) is 0 Å². The van der Waals surface area contributed by atoms with E-state index in [0.717, 1.165) is 31.4 Å². The minimum Gasteiger partial charge on any atom is -0.411 e. The predicted octanol–water partition coefficient (Wildman–Crippen LogP) is 1.92. The number of rotatable bonds is 2. The van der Waals surface area contributed by atoms with Gasteiger partial charge in [-0.15, -0.1) is 0 Å². The van der Waals surface area contributed by atoms with Gasteiger partial charge in [-0.2, -0.15) is 5.26 Å². The minimum absolute atomic E-state index is 0.375. The van der Waals surface area contributed by atoms with E-state index in [-0.39, 0.29) is 0 Å². The van der Waals surface area contributed by atoms with Crippen LogP contribution in [0.3, 0.4) is 0 Å². The lowest BCUT2D eigenvalue weighted by molar-refractivity contribution is 0.314. The Bertz CT molecular complexity index is 193. The molecule has 0 aromatic rings. The summed E-state index contributed by atoms with van der Waals surface area (Å²) < 4.78 is 0. The first kappa shape index (κ1) is 8.06. The average Bonchev–Trinajstić information content (AvgIpc) is 2.47. The first-order valence-electron chi connectivity index (χ1n) is 3.96. The van der Waals surface area contributed by atoms with Crippen molar-refractivity contribution in [2.75, 3.05) is 0 Å². The standard InChI is InChI=1S/C8H12N2O/c9-6-2-4-7-3-1-5-8(7)10-11/h7,11H,1-5H2/b10-8-. The van der Waals surface area contributed by atoms with Crippen molar-refractivity contribution < 1.29 is 5.21 Å². The largest absolute Gasteiger partial charge is 0.411 e. The lowest BCUT2D eigenvalue weighted by Gasteiger charge is -2.04. The van der Waals surface area contributed by atoms with Crippen LogP contribution in [0.4, 0.5) is 0 Å². The number of hydrogen-bond donors (Lipinski definition) is 1. The Morgan fingerprint density at radius 3 is 3.18 bits per heavy atom. The highest BCUT2D eigenvalue weighted by Gasteiger charge is 2.22. The highest BCUT2D eigenvalue weighted by Crippen LogP contribution is 2.26.